The zero-order chi connectivity index (χ0) is 51.4. The molecule has 9 rings (SSSR count). The molecular formula is C58H86N4O12. The maximum Gasteiger partial charge on any atom is 0.329 e. The van der Waals surface area contributed by atoms with Gasteiger partial charge in [-0.15, -0.1) is 0 Å². The van der Waals surface area contributed by atoms with Crippen LogP contribution in [0.5, 0.6) is 0 Å². The van der Waals surface area contributed by atoms with Gasteiger partial charge in [-0.2, -0.15) is 0 Å². The monoisotopic (exact) mass is 1030 g/mol. The van der Waals surface area contributed by atoms with E-state index in [9.17, 15) is 28.8 Å². The van der Waals surface area contributed by atoms with Crippen LogP contribution in [-0.2, 0) is 52.4 Å². The molecule has 8 aliphatic rings. The lowest BCUT2D eigenvalue weighted by Crippen LogP contribution is -2.37. The Kier molecular flexibility index (Phi) is 19.5. The van der Waals surface area contributed by atoms with Gasteiger partial charge in [-0.3, -0.25) is 33.9 Å². The summed E-state index contributed by atoms with van der Waals surface area (Å²) in [7, 11) is 0. The summed E-state index contributed by atoms with van der Waals surface area (Å²) in [5.74, 6) is 2.88. The highest BCUT2D eigenvalue weighted by Gasteiger charge is 2.41. The van der Waals surface area contributed by atoms with E-state index in [1.807, 2.05) is 0 Å². The summed E-state index contributed by atoms with van der Waals surface area (Å²) in [6, 6.07) is -0.380. The molecule has 16 heteroatoms. The van der Waals surface area contributed by atoms with Crippen molar-refractivity contribution in [3.63, 3.8) is 0 Å². The average Bonchev–Trinajstić information content (AvgIpc) is 4.29. The SMILES string of the molecule is N=C(OCC(COC(=O)C1CCC2CCCC2C1)OC(=O)CCCN(CCCC(=O)OC(COC(=O)C1CCC2CCCC2C1)COC(=O)C1CCC2CCCC2C1)C(=O)n1ccnc1)C1CCC2CCCC2C1. The third kappa shape index (κ3) is 14.7. The molecule has 1 heterocycles. The predicted molar refractivity (Wildman–Crippen MR) is 272 cm³/mol. The van der Waals surface area contributed by atoms with E-state index >= 15 is 0 Å². The second-order valence-electron chi connectivity index (χ2n) is 24.1. The van der Waals surface area contributed by atoms with Crippen molar-refractivity contribution in [1.82, 2.24) is 14.5 Å². The lowest BCUT2D eigenvalue weighted by molar-refractivity contribution is -0.171. The normalized spacial score (nSPS) is 31.8. The molecule has 0 radical (unpaired) electrons. The van der Waals surface area contributed by atoms with Crippen molar-refractivity contribution in [1.29, 1.82) is 5.41 Å². The highest BCUT2D eigenvalue weighted by Crippen LogP contribution is 2.47. The number of ether oxygens (including phenoxy) is 6. The van der Waals surface area contributed by atoms with Crippen LogP contribution in [-0.4, -0.2) is 108 Å². The minimum Gasteiger partial charge on any atom is -0.477 e. The number of carbonyl (C=O) groups excluding carboxylic acids is 6. The van der Waals surface area contributed by atoms with E-state index in [-0.39, 0.29) is 119 Å². The first kappa shape index (κ1) is 54.3. The molecular weight excluding hydrogens is 945 g/mol. The van der Waals surface area contributed by atoms with E-state index in [1.165, 1.54) is 81.1 Å². The zero-order valence-electron chi connectivity index (χ0n) is 44.1. The van der Waals surface area contributed by atoms with Crippen LogP contribution in [0.1, 0.15) is 180 Å². The molecule has 16 nitrogen and oxygen atoms in total. The van der Waals surface area contributed by atoms with Crippen molar-refractivity contribution in [3.05, 3.63) is 18.7 Å². The Hall–Kier alpha value is -4.50. The lowest BCUT2D eigenvalue weighted by atomic mass is 9.76. The fraction of sp³-hybridized carbons (Fsp3) is 0.828. The minimum atomic E-state index is -0.974. The standard InChI is InChI=1S/C58H86N4O12/c59-54(46-21-17-38-7-1-11-42(38)29-46)69-33-50(34-70-55(65)47-22-18-39-8-2-12-43(39)30-47)73-52(63)15-5-26-61(58(68)62-28-25-60-37-62)27-6-16-53(64)74-51(35-71-56(66)48-23-19-40-9-3-13-44(40)31-48)36-72-57(67)49-24-20-41-10-4-14-45(41)32-49/h25,28,37-51,59H,1-24,26-27,29-36H2. The molecule has 0 aliphatic heterocycles. The highest BCUT2D eigenvalue weighted by molar-refractivity contribution is 5.78. The van der Waals surface area contributed by atoms with Gasteiger partial charge in [0.25, 0.3) is 0 Å². The van der Waals surface area contributed by atoms with Crippen LogP contribution in [0, 0.1) is 76.4 Å². The molecule has 0 spiro atoms. The number of imidazole rings is 1. The Balaban J connectivity index is 0.758. The fourth-order valence-electron chi connectivity index (χ4n) is 15.3. The van der Waals surface area contributed by atoms with E-state index in [4.69, 9.17) is 33.8 Å². The molecule has 1 aromatic rings. The molecule has 8 aliphatic carbocycles. The van der Waals surface area contributed by atoms with E-state index in [2.05, 4.69) is 4.98 Å². The van der Waals surface area contributed by atoms with Gasteiger partial charge in [-0.25, -0.2) is 9.78 Å². The Morgan fingerprint density at radius 1 is 0.486 bits per heavy atom. The number of hydrogen-bond donors (Lipinski definition) is 1. The predicted octanol–water partition coefficient (Wildman–Crippen LogP) is 10.0. The second-order valence-corrected chi connectivity index (χ2v) is 24.1. The van der Waals surface area contributed by atoms with E-state index in [0.717, 1.165) is 102 Å². The Morgan fingerprint density at radius 2 is 0.851 bits per heavy atom. The van der Waals surface area contributed by atoms with Gasteiger partial charge in [0.2, 0.25) is 0 Å². The molecule has 13 atom stereocenters. The van der Waals surface area contributed by atoms with Crippen molar-refractivity contribution in [2.24, 2.45) is 71.0 Å². The number of nitrogens with zero attached hydrogens (tertiary/aromatic N) is 3. The largest absolute Gasteiger partial charge is 0.477 e. The first-order valence-electron chi connectivity index (χ1n) is 29.4. The summed E-state index contributed by atoms with van der Waals surface area (Å²) in [6.07, 6.45) is 28.3. The number of hydrogen-bond acceptors (Lipinski definition) is 14. The number of rotatable bonds is 22. The van der Waals surface area contributed by atoms with Gasteiger partial charge in [0, 0.05) is 44.2 Å². The van der Waals surface area contributed by atoms with E-state index in [1.54, 1.807) is 4.90 Å². The summed E-state index contributed by atoms with van der Waals surface area (Å²) in [4.78, 5) is 86.4. The van der Waals surface area contributed by atoms with Gasteiger partial charge in [0.05, 0.1) is 17.8 Å². The zero-order valence-corrected chi connectivity index (χ0v) is 44.1. The molecule has 1 aromatic heterocycles. The van der Waals surface area contributed by atoms with Crippen molar-refractivity contribution < 1.29 is 57.2 Å². The van der Waals surface area contributed by atoms with Gasteiger partial charge >= 0.3 is 35.9 Å². The van der Waals surface area contributed by atoms with E-state index < -0.39 is 24.1 Å². The first-order valence-corrected chi connectivity index (χ1v) is 29.4. The molecule has 74 heavy (non-hydrogen) atoms. The quantitative estimate of drug-likeness (QED) is 0.0498. The molecule has 8 saturated carbocycles. The summed E-state index contributed by atoms with van der Waals surface area (Å²) in [6.45, 7) is -0.347. The first-order chi connectivity index (χ1) is 36.0. The molecule has 0 saturated heterocycles. The molecule has 0 bridgehead atoms. The summed E-state index contributed by atoms with van der Waals surface area (Å²) in [5.41, 5.74) is 0. The third-order valence-electron chi connectivity index (χ3n) is 19.4. The van der Waals surface area contributed by atoms with Crippen LogP contribution in [0.3, 0.4) is 0 Å². The number of amides is 1. The smallest absolute Gasteiger partial charge is 0.329 e. The van der Waals surface area contributed by atoms with Gasteiger partial charge < -0.3 is 33.3 Å². The van der Waals surface area contributed by atoms with Crippen molar-refractivity contribution in [2.75, 3.05) is 39.5 Å². The number of nitrogens with one attached hydrogen (secondary N) is 1. The summed E-state index contributed by atoms with van der Waals surface area (Å²) < 4.78 is 36.6. The van der Waals surface area contributed by atoms with Crippen LogP contribution in [0.4, 0.5) is 4.79 Å². The molecule has 8 fully saturated rings. The van der Waals surface area contributed by atoms with Crippen molar-refractivity contribution in [2.45, 2.75) is 192 Å². The Morgan fingerprint density at radius 3 is 1.24 bits per heavy atom. The van der Waals surface area contributed by atoms with Gasteiger partial charge in [0.15, 0.2) is 18.1 Å². The van der Waals surface area contributed by atoms with Gasteiger partial charge in [-0.1, -0.05) is 77.0 Å². The van der Waals surface area contributed by atoms with Gasteiger partial charge in [-0.05, 0) is 137 Å². The highest BCUT2D eigenvalue weighted by atomic mass is 16.6. The number of esters is 5. The summed E-state index contributed by atoms with van der Waals surface area (Å²) in [5, 5.41) is 8.82. The summed E-state index contributed by atoms with van der Waals surface area (Å²) >= 11 is 0. The van der Waals surface area contributed by atoms with Crippen molar-refractivity contribution in [3.8, 4) is 0 Å². The van der Waals surface area contributed by atoms with E-state index in [0.29, 0.717) is 41.4 Å². The Labute approximate surface area is 438 Å². The van der Waals surface area contributed by atoms with Gasteiger partial charge in [0.1, 0.15) is 32.8 Å². The number of carbonyl (C=O) groups is 6. The molecule has 410 valence electrons. The van der Waals surface area contributed by atoms with Crippen molar-refractivity contribution >= 4 is 41.8 Å². The number of aromatic nitrogens is 2. The molecule has 1 N–H and O–H groups in total. The maximum absolute atomic E-state index is 13.7. The maximum atomic E-state index is 13.7. The molecule has 13 unspecified atom stereocenters. The van der Waals surface area contributed by atoms with Crippen LogP contribution >= 0.6 is 0 Å². The Bertz CT molecular complexity index is 1850. The minimum absolute atomic E-state index is 0.0305. The van der Waals surface area contributed by atoms with Crippen LogP contribution in [0.15, 0.2) is 18.7 Å². The van der Waals surface area contributed by atoms with Crippen LogP contribution in [0.2, 0.25) is 0 Å². The van der Waals surface area contributed by atoms with Crippen LogP contribution < -0.4 is 0 Å². The second kappa shape index (κ2) is 26.5. The molecule has 0 aromatic carbocycles. The lowest BCUT2D eigenvalue weighted by Gasteiger charge is -2.32. The average molecular weight is 1030 g/mol. The van der Waals surface area contributed by atoms with Crippen LogP contribution in [0.25, 0.3) is 0 Å². The number of fused-ring (bicyclic) bond motifs is 4. The third-order valence-corrected chi connectivity index (χ3v) is 19.4. The topological polar surface area (TPSA) is 203 Å². The molecule has 1 amide bonds. The fourth-order valence-corrected chi connectivity index (χ4v) is 15.3.